The van der Waals surface area contributed by atoms with Crippen LogP contribution < -0.4 is 0 Å². The highest BCUT2D eigenvalue weighted by Gasteiger charge is 2.32. The molecule has 0 N–H and O–H groups in total. The fourth-order valence-electron chi connectivity index (χ4n) is 2.17. The summed E-state index contributed by atoms with van der Waals surface area (Å²) in [5.41, 5.74) is -0.0288. The molecule has 0 radical (unpaired) electrons. The second-order valence-electron chi connectivity index (χ2n) is 6.35. The Kier molecular flexibility index (Phi) is 9.28. The maximum absolute atomic E-state index is 10.5. The number of aldehydes is 1. The van der Waals surface area contributed by atoms with Crippen molar-refractivity contribution in [3.8, 4) is 0 Å². The number of rotatable bonds is 5. The SMILES string of the molecule is CC1CC(C)(C)OCC1C=O.CCC(C)CCOC. The molecule has 1 aliphatic rings. The van der Waals surface area contributed by atoms with Gasteiger partial charge in [-0.15, -0.1) is 0 Å². The average molecular weight is 272 g/mol. The molecule has 0 amide bonds. The van der Waals surface area contributed by atoms with Crippen LogP contribution in [0.3, 0.4) is 0 Å². The van der Waals surface area contributed by atoms with Gasteiger partial charge in [-0.25, -0.2) is 0 Å². The van der Waals surface area contributed by atoms with Crippen LogP contribution in [-0.2, 0) is 14.3 Å². The molecule has 0 bridgehead atoms. The molecule has 1 rings (SSSR count). The minimum Gasteiger partial charge on any atom is -0.385 e. The van der Waals surface area contributed by atoms with E-state index in [-0.39, 0.29) is 11.5 Å². The van der Waals surface area contributed by atoms with E-state index in [1.165, 1.54) is 12.8 Å². The third kappa shape index (κ3) is 8.38. The van der Waals surface area contributed by atoms with Crippen molar-refractivity contribution >= 4 is 6.29 Å². The minimum atomic E-state index is -0.0288. The zero-order chi connectivity index (χ0) is 14.9. The maximum Gasteiger partial charge on any atom is 0.125 e. The highest BCUT2D eigenvalue weighted by Crippen LogP contribution is 2.30. The molecule has 1 saturated heterocycles. The van der Waals surface area contributed by atoms with Gasteiger partial charge in [-0.2, -0.15) is 0 Å². The van der Waals surface area contributed by atoms with E-state index < -0.39 is 0 Å². The molecule has 0 aromatic heterocycles. The minimum absolute atomic E-state index is 0.0288. The lowest BCUT2D eigenvalue weighted by Crippen LogP contribution is -2.39. The smallest absolute Gasteiger partial charge is 0.125 e. The van der Waals surface area contributed by atoms with Crippen LogP contribution in [0.15, 0.2) is 0 Å². The third-order valence-electron chi connectivity index (χ3n) is 3.90. The number of hydrogen-bond acceptors (Lipinski definition) is 3. The van der Waals surface area contributed by atoms with Crippen LogP contribution in [0.4, 0.5) is 0 Å². The highest BCUT2D eigenvalue weighted by atomic mass is 16.5. The maximum atomic E-state index is 10.5. The van der Waals surface area contributed by atoms with Crippen molar-refractivity contribution in [2.75, 3.05) is 20.3 Å². The molecule has 3 atom stereocenters. The Morgan fingerprint density at radius 1 is 1.47 bits per heavy atom. The molecule has 1 heterocycles. The molecule has 0 spiro atoms. The van der Waals surface area contributed by atoms with Crippen molar-refractivity contribution in [2.24, 2.45) is 17.8 Å². The van der Waals surface area contributed by atoms with Gasteiger partial charge in [0.25, 0.3) is 0 Å². The zero-order valence-corrected chi connectivity index (χ0v) is 13.6. The quantitative estimate of drug-likeness (QED) is 0.716. The van der Waals surface area contributed by atoms with E-state index in [2.05, 4.69) is 34.6 Å². The number of methoxy groups -OCH3 is 1. The van der Waals surface area contributed by atoms with Crippen LogP contribution in [0.1, 0.15) is 53.9 Å². The molecule has 1 aliphatic heterocycles. The lowest BCUT2D eigenvalue weighted by Gasteiger charge is -2.37. The van der Waals surface area contributed by atoms with E-state index in [1.54, 1.807) is 7.11 Å². The number of carbonyl (C=O) groups excluding carboxylic acids is 1. The first-order chi connectivity index (χ1) is 8.86. The van der Waals surface area contributed by atoms with Gasteiger partial charge in [0.15, 0.2) is 0 Å². The largest absolute Gasteiger partial charge is 0.385 e. The summed E-state index contributed by atoms with van der Waals surface area (Å²) in [4.78, 5) is 10.5. The molecule has 1 fully saturated rings. The number of hydrogen-bond donors (Lipinski definition) is 0. The molecular weight excluding hydrogens is 240 g/mol. The Morgan fingerprint density at radius 2 is 2.11 bits per heavy atom. The standard InChI is InChI=1S/C9H16O2.C7H16O/c1-7-4-9(2,3)11-6-8(7)5-10;1-4-7(2)5-6-8-3/h5,7-8H,4,6H2,1-3H3;7H,4-6H2,1-3H3. The van der Waals surface area contributed by atoms with Crippen molar-refractivity contribution < 1.29 is 14.3 Å². The summed E-state index contributed by atoms with van der Waals surface area (Å²) in [6, 6.07) is 0. The Labute approximate surface area is 119 Å². The molecule has 0 aromatic rings. The molecule has 3 unspecified atom stereocenters. The Morgan fingerprint density at radius 3 is 2.53 bits per heavy atom. The first-order valence-electron chi connectivity index (χ1n) is 7.44. The van der Waals surface area contributed by atoms with Crippen molar-refractivity contribution in [1.29, 1.82) is 0 Å². The Balaban J connectivity index is 0.000000362. The second-order valence-corrected chi connectivity index (χ2v) is 6.35. The molecule has 0 saturated carbocycles. The average Bonchev–Trinajstić information content (AvgIpc) is 2.35. The summed E-state index contributed by atoms with van der Waals surface area (Å²) < 4.78 is 10.4. The predicted molar refractivity (Wildman–Crippen MR) is 79.3 cm³/mol. The summed E-state index contributed by atoms with van der Waals surface area (Å²) >= 11 is 0. The van der Waals surface area contributed by atoms with Gasteiger partial charge in [0.05, 0.1) is 12.2 Å². The van der Waals surface area contributed by atoms with Gasteiger partial charge in [0.1, 0.15) is 6.29 Å². The third-order valence-corrected chi connectivity index (χ3v) is 3.90. The summed E-state index contributed by atoms with van der Waals surface area (Å²) in [7, 11) is 1.75. The van der Waals surface area contributed by atoms with Crippen molar-refractivity contribution in [3.63, 3.8) is 0 Å². The molecule has 0 aliphatic carbocycles. The lowest BCUT2D eigenvalue weighted by molar-refractivity contribution is -0.129. The summed E-state index contributed by atoms with van der Waals surface area (Å²) in [6.07, 6.45) is 4.46. The Hall–Kier alpha value is -0.410. The highest BCUT2D eigenvalue weighted by molar-refractivity contribution is 5.54. The van der Waals surface area contributed by atoms with Crippen molar-refractivity contribution in [1.82, 2.24) is 0 Å². The van der Waals surface area contributed by atoms with Gasteiger partial charge in [-0.3, -0.25) is 0 Å². The van der Waals surface area contributed by atoms with Gasteiger partial charge >= 0.3 is 0 Å². The van der Waals surface area contributed by atoms with E-state index in [4.69, 9.17) is 9.47 Å². The predicted octanol–water partition coefficient (Wildman–Crippen LogP) is 3.71. The summed E-state index contributed by atoms with van der Waals surface area (Å²) in [6.45, 7) is 12.2. The number of ether oxygens (including phenoxy) is 2. The van der Waals surface area contributed by atoms with E-state index in [9.17, 15) is 4.79 Å². The fraction of sp³-hybridized carbons (Fsp3) is 0.938. The monoisotopic (exact) mass is 272 g/mol. The Bertz CT molecular complexity index is 238. The topological polar surface area (TPSA) is 35.5 Å². The summed E-state index contributed by atoms with van der Waals surface area (Å²) in [5.74, 6) is 1.41. The number of carbonyl (C=O) groups is 1. The van der Waals surface area contributed by atoms with Gasteiger partial charge in [-0.1, -0.05) is 27.2 Å². The van der Waals surface area contributed by atoms with Gasteiger partial charge in [0, 0.05) is 19.6 Å². The van der Waals surface area contributed by atoms with Gasteiger partial charge in [-0.05, 0) is 38.5 Å². The van der Waals surface area contributed by atoms with Crippen LogP contribution in [-0.4, -0.2) is 32.2 Å². The lowest BCUT2D eigenvalue weighted by atomic mass is 9.83. The summed E-state index contributed by atoms with van der Waals surface area (Å²) in [5, 5.41) is 0. The fourth-order valence-corrected chi connectivity index (χ4v) is 2.17. The second kappa shape index (κ2) is 9.49. The van der Waals surface area contributed by atoms with Crippen molar-refractivity contribution in [3.05, 3.63) is 0 Å². The van der Waals surface area contributed by atoms with E-state index in [1.807, 2.05) is 0 Å². The molecule has 19 heavy (non-hydrogen) atoms. The molecule has 114 valence electrons. The zero-order valence-electron chi connectivity index (χ0n) is 13.6. The van der Waals surface area contributed by atoms with Crippen LogP contribution in [0, 0.1) is 17.8 Å². The molecule has 3 heteroatoms. The van der Waals surface area contributed by atoms with Gasteiger partial charge in [0.2, 0.25) is 0 Å². The van der Waals surface area contributed by atoms with Gasteiger partial charge < -0.3 is 14.3 Å². The van der Waals surface area contributed by atoms with Crippen LogP contribution in [0.25, 0.3) is 0 Å². The van der Waals surface area contributed by atoms with E-state index in [0.29, 0.717) is 12.5 Å². The first kappa shape index (κ1) is 18.6. The van der Waals surface area contributed by atoms with Crippen molar-refractivity contribution in [2.45, 2.75) is 59.5 Å². The van der Waals surface area contributed by atoms with Crippen LogP contribution in [0.2, 0.25) is 0 Å². The van der Waals surface area contributed by atoms with E-state index >= 15 is 0 Å². The molecular formula is C16H32O3. The molecule has 0 aromatic carbocycles. The molecule has 3 nitrogen and oxygen atoms in total. The van der Waals surface area contributed by atoms with Crippen LogP contribution >= 0.6 is 0 Å². The normalized spacial score (nSPS) is 27.1. The van der Waals surface area contributed by atoms with Crippen LogP contribution in [0.5, 0.6) is 0 Å². The van der Waals surface area contributed by atoms with E-state index in [0.717, 1.165) is 25.2 Å². The first-order valence-corrected chi connectivity index (χ1v) is 7.44.